The minimum Gasteiger partial charge on any atom is -0.393 e. The Hall–Kier alpha value is -1.01. The van der Waals surface area contributed by atoms with Gasteiger partial charge in [-0.25, -0.2) is 4.39 Å². The molecular formula is C11H12BrFN2OS. The molecule has 3 N–H and O–H groups in total. The number of rotatable bonds is 5. The SMILES string of the molecule is NC(=S)CCCNC(=O)c1cccc(F)c1Br. The molecule has 1 rings (SSSR count). The van der Waals surface area contributed by atoms with Crippen LogP contribution in [0.5, 0.6) is 0 Å². The van der Waals surface area contributed by atoms with Crippen LogP contribution in [0.25, 0.3) is 0 Å². The standard InChI is InChI=1S/C11H12BrFN2OS/c12-10-7(3-1-4-8(10)13)11(16)15-6-2-5-9(14)17/h1,3-4H,2,5-6H2,(H2,14,17)(H,15,16). The van der Waals surface area contributed by atoms with Crippen LogP contribution < -0.4 is 11.1 Å². The average Bonchev–Trinajstić information content (AvgIpc) is 2.27. The monoisotopic (exact) mass is 318 g/mol. The molecule has 0 bridgehead atoms. The number of benzene rings is 1. The predicted molar refractivity (Wildman–Crippen MR) is 72.5 cm³/mol. The molecule has 0 fully saturated rings. The molecule has 1 aromatic rings. The third-order valence-corrected chi connectivity index (χ3v) is 3.09. The Kier molecular flexibility index (Phi) is 5.50. The molecule has 0 radical (unpaired) electrons. The molecule has 0 heterocycles. The molecule has 0 aromatic heterocycles. The highest BCUT2D eigenvalue weighted by molar-refractivity contribution is 9.10. The zero-order valence-electron chi connectivity index (χ0n) is 9.00. The molecule has 0 saturated carbocycles. The van der Waals surface area contributed by atoms with E-state index >= 15 is 0 Å². The van der Waals surface area contributed by atoms with Crippen LogP contribution >= 0.6 is 28.1 Å². The maximum Gasteiger partial charge on any atom is 0.252 e. The Labute approximate surface area is 113 Å². The number of hydrogen-bond acceptors (Lipinski definition) is 2. The summed E-state index contributed by atoms with van der Waals surface area (Å²) in [6.45, 7) is 0.457. The van der Waals surface area contributed by atoms with E-state index in [-0.39, 0.29) is 15.9 Å². The fraction of sp³-hybridized carbons (Fsp3) is 0.273. The van der Waals surface area contributed by atoms with Crippen LogP contribution in [-0.4, -0.2) is 17.4 Å². The van der Waals surface area contributed by atoms with E-state index in [2.05, 4.69) is 21.2 Å². The first-order valence-electron chi connectivity index (χ1n) is 5.03. The third kappa shape index (κ3) is 4.40. The smallest absolute Gasteiger partial charge is 0.252 e. The van der Waals surface area contributed by atoms with Gasteiger partial charge < -0.3 is 11.1 Å². The molecule has 0 unspecified atom stereocenters. The number of thiocarbonyl (C=S) groups is 1. The number of amides is 1. The van der Waals surface area contributed by atoms with Crippen LogP contribution in [0.3, 0.4) is 0 Å². The van der Waals surface area contributed by atoms with Crippen LogP contribution in [0.1, 0.15) is 23.2 Å². The molecule has 0 saturated heterocycles. The minimum atomic E-state index is -0.458. The van der Waals surface area contributed by atoms with Crippen LogP contribution in [-0.2, 0) is 0 Å². The van der Waals surface area contributed by atoms with Gasteiger partial charge in [-0.15, -0.1) is 0 Å². The maximum absolute atomic E-state index is 13.2. The summed E-state index contributed by atoms with van der Waals surface area (Å²) in [6.07, 6.45) is 1.26. The van der Waals surface area contributed by atoms with Crippen molar-refractivity contribution in [1.29, 1.82) is 0 Å². The molecule has 92 valence electrons. The molecule has 0 aliphatic rings. The number of nitrogens with two attached hydrogens (primary N) is 1. The highest BCUT2D eigenvalue weighted by atomic mass is 79.9. The van der Waals surface area contributed by atoms with E-state index in [1.165, 1.54) is 12.1 Å². The van der Waals surface area contributed by atoms with Crippen molar-refractivity contribution in [2.45, 2.75) is 12.8 Å². The molecule has 0 spiro atoms. The van der Waals surface area contributed by atoms with Crippen molar-refractivity contribution in [3.8, 4) is 0 Å². The Morgan fingerprint density at radius 1 is 1.53 bits per heavy atom. The lowest BCUT2D eigenvalue weighted by Crippen LogP contribution is -2.25. The van der Waals surface area contributed by atoms with E-state index in [9.17, 15) is 9.18 Å². The van der Waals surface area contributed by atoms with Crippen molar-refractivity contribution in [3.63, 3.8) is 0 Å². The largest absolute Gasteiger partial charge is 0.393 e. The van der Waals surface area contributed by atoms with Crippen molar-refractivity contribution in [2.24, 2.45) is 5.73 Å². The number of carbonyl (C=O) groups excluding carboxylic acids is 1. The summed E-state index contributed by atoms with van der Waals surface area (Å²) in [5.41, 5.74) is 5.60. The summed E-state index contributed by atoms with van der Waals surface area (Å²) in [4.78, 5) is 12.1. The summed E-state index contributed by atoms with van der Waals surface area (Å²) < 4.78 is 13.3. The quantitative estimate of drug-likeness (QED) is 0.647. The van der Waals surface area contributed by atoms with Gasteiger partial charge in [0.2, 0.25) is 0 Å². The van der Waals surface area contributed by atoms with Crippen LogP contribution in [0.2, 0.25) is 0 Å². The van der Waals surface area contributed by atoms with Gasteiger partial charge in [-0.3, -0.25) is 4.79 Å². The van der Waals surface area contributed by atoms with Crippen molar-refractivity contribution < 1.29 is 9.18 Å². The Balaban J connectivity index is 2.53. The van der Waals surface area contributed by atoms with Gasteiger partial charge in [0.25, 0.3) is 5.91 Å². The lowest BCUT2D eigenvalue weighted by atomic mass is 10.2. The number of halogens is 2. The number of carbonyl (C=O) groups is 1. The van der Waals surface area contributed by atoms with E-state index in [1.54, 1.807) is 6.07 Å². The topological polar surface area (TPSA) is 55.1 Å². The third-order valence-electron chi connectivity index (χ3n) is 2.08. The second-order valence-corrected chi connectivity index (χ2v) is 4.74. The van der Waals surface area contributed by atoms with Gasteiger partial charge in [0, 0.05) is 6.54 Å². The molecule has 17 heavy (non-hydrogen) atoms. The first-order valence-corrected chi connectivity index (χ1v) is 6.23. The van der Waals surface area contributed by atoms with E-state index in [0.29, 0.717) is 24.4 Å². The molecule has 0 aliphatic carbocycles. The summed E-state index contributed by atoms with van der Waals surface area (Å²) in [5.74, 6) is -0.778. The van der Waals surface area contributed by atoms with Gasteiger partial charge in [-0.2, -0.15) is 0 Å². The zero-order valence-corrected chi connectivity index (χ0v) is 11.4. The average molecular weight is 319 g/mol. The number of hydrogen-bond donors (Lipinski definition) is 2. The first kappa shape index (κ1) is 14.1. The van der Waals surface area contributed by atoms with Crippen LogP contribution in [0.15, 0.2) is 22.7 Å². The molecule has 1 amide bonds. The van der Waals surface area contributed by atoms with Crippen LogP contribution in [0, 0.1) is 5.82 Å². The van der Waals surface area contributed by atoms with Gasteiger partial charge in [-0.1, -0.05) is 18.3 Å². The second kappa shape index (κ2) is 6.66. The molecule has 0 aliphatic heterocycles. The second-order valence-electron chi connectivity index (χ2n) is 3.43. The number of nitrogens with one attached hydrogen (secondary N) is 1. The lowest BCUT2D eigenvalue weighted by Gasteiger charge is -2.06. The summed E-state index contributed by atoms with van der Waals surface area (Å²) in [5, 5.41) is 2.67. The van der Waals surface area contributed by atoms with Crippen molar-refractivity contribution in [1.82, 2.24) is 5.32 Å². The highest BCUT2D eigenvalue weighted by Crippen LogP contribution is 2.20. The fourth-order valence-corrected chi connectivity index (χ4v) is 1.83. The normalized spacial score (nSPS) is 10.0. The van der Waals surface area contributed by atoms with E-state index in [1.807, 2.05) is 0 Å². The van der Waals surface area contributed by atoms with Crippen molar-refractivity contribution in [2.75, 3.05) is 6.54 Å². The van der Waals surface area contributed by atoms with Gasteiger partial charge in [0.1, 0.15) is 5.82 Å². The van der Waals surface area contributed by atoms with E-state index in [4.69, 9.17) is 18.0 Å². The molecule has 3 nitrogen and oxygen atoms in total. The zero-order chi connectivity index (χ0) is 12.8. The summed E-state index contributed by atoms with van der Waals surface area (Å²) >= 11 is 7.75. The van der Waals surface area contributed by atoms with E-state index in [0.717, 1.165) is 0 Å². The predicted octanol–water partition coefficient (Wildman–Crippen LogP) is 2.38. The molecular weight excluding hydrogens is 307 g/mol. The minimum absolute atomic E-state index is 0.173. The van der Waals surface area contributed by atoms with E-state index < -0.39 is 5.82 Å². The summed E-state index contributed by atoms with van der Waals surface area (Å²) in [7, 11) is 0. The molecule has 6 heteroatoms. The van der Waals surface area contributed by atoms with Gasteiger partial charge in [0.15, 0.2) is 0 Å². The highest BCUT2D eigenvalue weighted by Gasteiger charge is 2.12. The first-order chi connectivity index (χ1) is 8.02. The van der Waals surface area contributed by atoms with Crippen molar-refractivity contribution >= 4 is 39.0 Å². The van der Waals surface area contributed by atoms with Crippen molar-refractivity contribution in [3.05, 3.63) is 34.1 Å². The Bertz CT molecular complexity index is 439. The molecule has 1 aromatic carbocycles. The van der Waals surface area contributed by atoms with Gasteiger partial charge in [0.05, 0.1) is 15.0 Å². The Morgan fingerprint density at radius 3 is 2.88 bits per heavy atom. The Morgan fingerprint density at radius 2 is 2.24 bits per heavy atom. The van der Waals surface area contributed by atoms with Gasteiger partial charge in [-0.05, 0) is 40.9 Å². The van der Waals surface area contributed by atoms with Crippen LogP contribution in [0.4, 0.5) is 4.39 Å². The molecule has 0 atom stereocenters. The van der Waals surface area contributed by atoms with Gasteiger partial charge >= 0.3 is 0 Å². The maximum atomic E-state index is 13.2. The summed E-state index contributed by atoms with van der Waals surface area (Å²) in [6, 6.07) is 4.33. The fourth-order valence-electron chi connectivity index (χ4n) is 1.24. The lowest BCUT2D eigenvalue weighted by molar-refractivity contribution is 0.0952.